The van der Waals surface area contributed by atoms with Crippen LogP contribution in [0.25, 0.3) is 0 Å². The summed E-state index contributed by atoms with van der Waals surface area (Å²) in [6.07, 6.45) is 2.15. The molecule has 2 amide bonds. The zero-order chi connectivity index (χ0) is 15.7. The van der Waals surface area contributed by atoms with Crippen molar-refractivity contribution < 1.29 is 19.5 Å². The first-order valence-electron chi connectivity index (χ1n) is 7.38. The zero-order valence-electron chi connectivity index (χ0n) is 12.2. The van der Waals surface area contributed by atoms with Crippen LogP contribution in [0.3, 0.4) is 0 Å². The van der Waals surface area contributed by atoms with E-state index < -0.39 is 5.97 Å². The van der Waals surface area contributed by atoms with Gasteiger partial charge in [-0.15, -0.1) is 0 Å². The van der Waals surface area contributed by atoms with Gasteiger partial charge in [0.2, 0.25) is 5.91 Å². The number of carbonyl (C=O) groups is 3. The Morgan fingerprint density at radius 2 is 1.86 bits per heavy atom. The number of carbonyl (C=O) groups excluding carboxylic acids is 2. The Kier molecular flexibility index (Phi) is 3.60. The van der Waals surface area contributed by atoms with E-state index >= 15 is 0 Å². The minimum absolute atomic E-state index is 0.00320. The second kappa shape index (κ2) is 5.44. The number of rotatable bonds is 2. The van der Waals surface area contributed by atoms with Crippen LogP contribution in [-0.4, -0.2) is 47.4 Å². The Bertz CT molecular complexity index is 633. The van der Waals surface area contributed by atoms with Crippen molar-refractivity contribution in [2.75, 3.05) is 19.6 Å². The fourth-order valence-electron chi connectivity index (χ4n) is 3.26. The third kappa shape index (κ3) is 2.68. The number of nitrogens with zero attached hydrogens (tertiary/aromatic N) is 1. The van der Waals surface area contributed by atoms with Crippen molar-refractivity contribution in [3.63, 3.8) is 0 Å². The van der Waals surface area contributed by atoms with Crippen molar-refractivity contribution in [2.45, 2.75) is 19.3 Å². The van der Waals surface area contributed by atoms with Crippen LogP contribution in [0.2, 0.25) is 0 Å². The maximum Gasteiger partial charge on any atom is 0.335 e. The van der Waals surface area contributed by atoms with E-state index in [0.717, 1.165) is 12.8 Å². The average molecular weight is 302 g/mol. The number of aromatic carboxylic acids is 1. The summed E-state index contributed by atoms with van der Waals surface area (Å²) in [5, 5.41) is 11.9. The minimum atomic E-state index is -1.04. The molecular formula is C16H18N2O4. The van der Waals surface area contributed by atoms with Crippen LogP contribution in [-0.2, 0) is 4.79 Å². The van der Waals surface area contributed by atoms with Gasteiger partial charge in [-0.2, -0.15) is 0 Å². The highest BCUT2D eigenvalue weighted by Crippen LogP contribution is 2.37. The summed E-state index contributed by atoms with van der Waals surface area (Å²) in [7, 11) is 0. The molecule has 0 aliphatic carbocycles. The van der Waals surface area contributed by atoms with E-state index in [0.29, 0.717) is 31.6 Å². The second-order valence-electron chi connectivity index (χ2n) is 6.13. The first-order valence-corrected chi connectivity index (χ1v) is 7.38. The molecule has 6 heteroatoms. The van der Waals surface area contributed by atoms with Crippen molar-refractivity contribution in [3.8, 4) is 0 Å². The maximum absolute atomic E-state index is 12.5. The number of piperidine rings is 1. The van der Waals surface area contributed by atoms with Crippen LogP contribution in [0, 0.1) is 5.41 Å². The number of amides is 2. The first-order chi connectivity index (χ1) is 10.5. The summed E-state index contributed by atoms with van der Waals surface area (Å²) in [6, 6.07) is 6.11. The average Bonchev–Trinajstić information content (AvgIpc) is 2.88. The molecule has 1 spiro atoms. The van der Waals surface area contributed by atoms with Gasteiger partial charge < -0.3 is 15.3 Å². The largest absolute Gasteiger partial charge is 0.478 e. The van der Waals surface area contributed by atoms with Gasteiger partial charge in [0.15, 0.2) is 0 Å². The molecule has 2 saturated heterocycles. The van der Waals surface area contributed by atoms with E-state index in [-0.39, 0.29) is 22.8 Å². The molecular weight excluding hydrogens is 284 g/mol. The molecule has 1 aromatic rings. The molecule has 0 bridgehead atoms. The minimum Gasteiger partial charge on any atom is -0.478 e. The van der Waals surface area contributed by atoms with E-state index in [1.807, 2.05) is 0 Å². The lowest BCUT2D eigenvalue weighted by molar-refractivity contribution is -0.119. The van der Waals surface area contributed by atoms with Gasteiger partial charge in [-0.25, -0.2) is 4.79 Å². The molecule has 22 heavy (non-hydrogen) atoms. The van der Waals surface area contributed by atoms with Gasteiger partial charge in [0.05, 0.1) is 5.56 Å². The second-order valence-corrected chi connectivity index (χ2v) is 6.13. The van der Waals surface area contributed by atoms with E-state index in [9.17, 15) is 14.4 Å². The molecule has 2 heterocycles. The van der Waals surface area contributed by atoms with Crippen molar-refractivity contribution in [1.29, 1.82) is 0 Å². The standard InChI is InChI=1S/C16H18N2O4/c19-13-9-16(10-17-13)4-6-18(7-5-16)14(20)11-2-1-3-12(8-11)15(21)22/h1-3,8H,4-7,9-10H2,(H,17,19)(H,21,22). The molecule has 0 unspecified atom stereocenters. The number of carboxylic acid groups (broad SMARTS) is 1. The summed E-state index contributed by atoms with van der Waals surface area (Å²) in [6.45, 7) is 1.90. The lowest BCUT2D eigenvalue weighted by Crippen LogP contribution is -2.44. The van der Waals surface area contributed by atoms with Crippen LogP contribution >= 0.6 is 0 Å². The molecule has 0 atom stereocenters. The van der Waals surface area contributed by atoms with Gasteiger partial charge in [-0.3, -0.25) is 9.59 Å². The molecule has 0 radical (unpaired) electrons. The lowest BCUT2D eigenvalue weighted by atomic mass is 9.77. The van der Waals surface area contributed by atoms with Crippen molar-refractivity contribution >= 4 is 17.8 Å². The highest BCUT2D eigenvalue weighted by molar-refractivity contribution is 5.97. The smallest absolute Gasteiger partial charge is 0.335 e. The summed E-state index contributed by atoms with van der Waals surface area (Å²) >= 11 is 0. The Morgan fingerprint density at radius 3 is 2.45 bits per heavy atom. The van der Waals surface area contributed by atoms with Crippen LogP contribution < -0.4 is 5.32 Å². The summed E-state index contributed by atoms with van der Waals surface area (Å²) < 4.78 is 0. The quantitative estimate of drug-likeness (QED) is 0.857. The molecule has 0 aromatic heterocycles. The number of carboxylic acids is 1. The highest BCUT2D eigenvalue weighted by atomic mass is 16.4. The fourth-order valence-corrected chi connectivity index (χ4v) is 3.26. The molecule has 2 fully saturated rings. The Hall–Kier alpha value is -2.37. The van der Waals surface area contributed by atoms with Gasteiger partial charge >= 0.3 is 5.97 Å². The van der Waals surface area contributed by atoms with Gasteiger partial charge in [0.1, 0.15) is 0 Å². The SMILES string of the molecule is O=C1CC2(CCN(C(=O)c3cccc(C(=O)O)c3)CC2)CN1. The number of benzene rings is 1. The van der Waals surface area contributed by atoms with Crippen molar-refractivity contribution in [1.82, 2.24) is 10.2 Å². The Morgan fingerprint density at radius 1 is 1.18 bits per heavy atom. The number of nitrogens with one attached hydrogen (secondary N) is 1. The van der Waals surface area contributed by atoms with Crippen molar-refractivity contribution in [3.05, 3.63) is 35.4 Å². The third-order valence-corrected chi connectivity index (χ3v) is 4.66. The number of hydrogen-bond donors (Lipinski definition) is 2. The van der Waals surface area contributed by atoms with E-state index in [2.05, 4.69) is 5.32 Å². The molecule has 3 rings (SSSR count). The van der Waals surface area contributed by atoms with E-state index in [4.69, 9.17) is 5.11 Å². The molecule has 2 aliphatic heterocycles. The predicted molar refractivity (Wildman–Crippen MR) is 78.6 cm³/mol. The Labute approximate surface area is 128 Å². The molecule has 0 saturated carbocycles. The third-order valence-electron chi connectivity index (χ3n) is 4.66. The van der Waals surface area contributed by atoms with Crippen LogP contribution in [0.5, 0.6) is 0 Å². The van der Waals surface area contributed by atoms with Crippen LogP contribution in [0.4, 0.5) is 0 Å². The van der Waals surface area contributed by atoms with Gasteiger partial charge in [-0.05, 0) is 36.5 Å². The molecule has 116 valence electrons. The Balaban J connectivity index is 1.68. The van der Waals surface area contributed by atoms with Gasteiger partial charge in [-0.1, -0.05) is 6.07 Å². The van der Waals surface area contributed by atoms with E-state index in [1.54, 1.807) is 17.0 Å². The molecule has 1 aromatic carbocycles. The first kappa shape index (κ1) is 14.6. The molecule has 2 N–H and O–H groups in total. The normalized spacial score (nSPS) is 20.0. The number of likely N-dealkylation sites (tertiary alicyclic amines) is 1. The van der Waals surface area contributed by atoms with E-state index in [1.165, 1.54) is 12.1 Å². The monoisotopic (exact) mass is 302 g/mol. The topological polar surface area (TPSA) is 86.7 Å². The number of hydrogen-bond acceptors (Lipinski definition) is 3. The fraction of sp³-hybridized carbons (Fsp3) is 0.438. The zero-order valence-corrected chi connectivity index (χ0v) is 12.2. The lowest BCUT2D eigenvalue weighted by Gasteiger charge is -2.38. The maximum atomic E-state index is 12.5. The molecule has 6 nitrogen and oxygen atoms in total. The predicted octanol–water partition coefficient (Wildman–Crippen LogP) is 1.13. The van der Waals surface area contributed by atoms with Gasteiger partial charge in [0.25, 0.3) is 5.91 Å². The summed E-state index contributed by atoms with van der Waals surface area (Å²) in [4.78, 5) is 36.6. The van der Waals surface area contributed by atoms with Crippen LogP contribution in [0.1, 0.15) is 40.0 Å². The summed E-state index contributed by atoms with van der Waals surface area (Å²) in [5.41, 5.74) is 0.512. The van der Waals surface area contributed by atoms with Gasteiger partial charge in [0, 0.05) is 31.6 Å². The summed E-state index contributed by atoms with van der Waals surface area (Å²) in [5.74, 6) is -1.09. The van der Waals surface area contributed by atoms with Crippen molar-refractivity contribution in [2.24, 2.45) is 5.41 Å². The molecule has 2 aliphatic rings. The highest BCUT2D eigenvalue weighted by Gasteiger charge is 2.41. The van der Waals surface area contributed by atoms with Crippen LogP contribution in [0.15, 0.2) is 24.3 Å².